The van der Waals surface area contributed by atoms with Crippen LogP contribution in [0.1, 0.15) is 11.1 Å². The highest BCUT2D eigenvalue weighted by Gasteiger charge is 2.20. The fourth-order valence-electron chi connectivity index (χ4n) is 3.30. The molecule has 1 saturated heterocycles. The number of halogens is 1. The third-order valence-electron chi connectivity index (χ3n) is 5.03. The lowest BCUT2D eigenvalue weighted by atomic mass is 10.2. The SMILES string of the molecule is Cc1ccnc(Nc2ccc(N3CCN(C(=O)/C=C/c4ccc(Cl)cc4)CC3)nn2)c1. The highest BCUT2D eigenvalue weighted by Crippen LogP contribution is 2.17. The van der Waals surface area contributed by atoms with E-state index in [-0.39, 0.29) is 5.91 Å². The van der Waals surface area contributed by atoms with Crippen molar-refractivity contribution < 1.29 is 4.79 Å². The van der Waals surface area contributed by atoms with Gasteiger partial charge >= 0.3 is 0 Å². The molecule has 2 aromatic heterocycles. The maximum absolute atomic E-state index is 12.5. The molecule has 1 N–H and O–H groups in total. The van der Waals surface area contributed by atoms with Gasteiger partial charge in [0.15, 0.2) is 11.6 Å². The van der Waals surface area contributed by atoms with Crippen LogP contribution in [-0.4, -0.2) is 52.2 Å². The van der Waals surface area contributed by atoms with Crippen LogP contribution in [0.3, 0.4) is 0 Å². The van der Waals surface area contributed by atoms with Crippen molar-refractivity contribution >= 4 is 41.0 Å². The molecule has 4 rings (SSSR count). The van der Waals surface area contributed by atoms with Gasteiger partial charge in [-0.05, 0) is 60.5 Å². The predicted molar refractivity (Wildman–Crippen MR) is 124 cm³/mol. The Balaban J connectivity index is 1.30. The largest absolute Gasteiger partial charge is 0.352 e. The Hall–Kier alpha value is -3.45. The van der Waals surface area contributed by atoms with Crippen LogP contribution in [0.5, 0.6) is 0 Å². The van der Waals surface area contributed by atoms with Crippen LogP contribution in [-0.2, 0) is 4.79 Å². The number of aromatic nitrogens is 3. The average molecular weight is 435 g/mol. The quantitative estimate of drug-likeness (QED) is 0.613. The summed E-state index contributed by atoms with van der Waals surface area (Å²) in [6, 6.07) is 15.1. The number of piperazine rings is 1. The Morgan fingerprint density at radius 3 is 2.45 bits per heavy atom. The van der Waals surface area contributed by atoms with E-state index in [9.17, 15) is 4.79 Å². The lowest BCUT2D eigenvalue weighted by Gasteiger charge is -2.34. The van der Waals surface area contributed by atoms with Gasteiger partial charge in [0.1, 0.15) is 5.82 Å². The summed E-state index contributed by atoms with van der Waals surface area (Å²) in [5, 5.41) is 12.4. The minimum Gasteiger partial charge on any atom is -0.352 e. The fraction of sp³-hybridized carbons (Fsp3) is 0.217. The van der Waals surface area contributed by atoms with E-state index in [0.717, 1.165) is 22.8 Å². The second-order valence-corrected chi connectivity index (χ2v) is 7.75. The maximum atomic E-state index is 12.5. The van der Waals surface area contributed by atoms with Crippen LogP contribution in [0, 0.1) is 6.92 Å². The number of pyridine rings is 1. The Morgan fingerprint density at radius 2 is 1.77 bits per heavy atom. The highest BCUT2D eigenvalue weighted by molar-refractivity contribution is 6.30. The molecule has 1 aromatic carbocycles. The lowest BCUT2D eigenvalue weighted by Crippen LogP contribution is -2.48. The summed E-state index contributed by atoms with van der Waals surface area (Å²) < 4.78 is 0. The van der Waals surface area contributed by atoms with Crippen molar-refractivity contribution in [1.82, 2.24) is 20.1 Å². The third-order valence-corrected chi connectivity index (χ3v) is 5.28. The molecule has 0 radical (unpaired) electrons. The van der Waals surface area contributed by atoms with Crippen molar-refractivity contribution in [3.8, 4) is 0 Å². The van der Waals surface area contributed by atoms with E-state index in [0.29, 0.717) is 37.0 Å². The second-order valence-electron chi connectivity index (χ2n) is 7.32. The van der Waals surface area contributed by atoms with Crippen molar-refractivity contribution in [3.05, 3.63) is 77.0 Å². The molecule has 1 aliphatic rings. The topological polar surface area (TPSA) is 74.2 Å². The summed E-state index contributed by atoms with van der Waals surface area (Å²) in [4.78, 5) is 20.7. The predicted octanol–water partition coefficient (Wildman–Crippen LogP) is 3.94. The lowest BCUT2D eigenvalue weighted by molar-refractivity contribution is -0.126. The number of nitrogens with one attached hydrogen (secondary N) is 1. The molecule has 3 heterocycles. The van der Waals surface area contributed by atoms with Crippen LogP contribution in [0.4, 0.5) is 17.5 Å². The Kier molecular flexibility index (Phi) is 6.43. The van der Waals surface area contributed by atoms with Crippen LogP contribution in [0.2, 0.25) is 5.02 Å². The molecule has 7 nitrogen and oxygen atoms in total. The normalized spacial score (nSPS) is 14.1. The van der Waals surface area contributed by atoms with Gasteiger partial charge in [-0.25, -0.2) is 4.98 Å². The minimum absolute atomic E-state index is 0.00545. The van der Waals surface area contributed by atoms with Crippen LogP contribution in [0.25, 0.3) is 6.08 Å². The van der Waals surface area contributed by atoms with Gasteiger partial charge in [-0.15, -0.1) is 10.2 Å². The van der Waals surface area contributed by atoms with Gasteiger partial charge in [0.05, 0.1) is 0 Å². The number of carbonyl (C=O) groups excluding carboxylic acids is 1. The zero-order chi connectivity index (χ0) is 21.6. The smallest absolute Gasteiger partial charge is 0.246 e. The summed E-state index contributed by atoms with van der Waals surface area (Å²) in [7, 11) is 0. The third kappa shape index (κ3) is 5.58. The summed E-state index contributed by atoms with van der Waals surface area (Å²) >= 11 is 5.89. The Labute approximate surface area is 186 Å². The summed E-state index contributed by atoms with van der Waals surface area (Å²) in [5.74, 6) is 2.18. The first-order valence-corrected chi connectivity index (χ1v) is 10.5. The molecule has 0 saturated carbocycles. The molecule has 0 bridgehead atoms. The van der Waals surface area contributed by atoms with Gasteiger partial charge in [0.2, 0.25) is 5.91 Å². The van der Waals surface area contributed by atoms with E-state index in [1.807, 2.05) is 66.4 Å². The van der Waals surface area contributed by atoms with E-state index in [2.05, 4.69) is 25.4 Å². The van der Waals surface area contributed by atoms with Gasteiger partial charge in [0.25, 0.3) is 0 Å². The molecule has 8 heteroatoms. The van der Waals surface area contributed by atoms with Crippen molar-refractivity contribution in [1.29, 1.82) is 0 Å². The number of rotatable bonds is 5. The van der Waals surface area contributed by atoms with Gasteiger partial charge in [-0.2, -0.15) is 0 Å². The monoisotopic (exact) mass is 434 g/mol. The molecular weight excluding hydrogens is 412 g/mol. The summed E-state index contributed by atoms with van der Waals surface area (Å²) in [6.45, 7) is 4.71. The van der Waals surface area contributed by atoms with Gasteiger partial charge in [0, 0.05) is 43.5 Å². The maximum Gasteiger partial charge on any atom is 0.246 e. The van der Waals surface area contributed by atoms with E-state index < -0.39 is 0 Å². The van der Waals surface area contributed by atoms with Crippen molar-refractivity contribution in [2.75, 3.05) is 36.4 Å². The molecule has 1 fully saturated rings. The summed E-state index contributed by atoms with van der Waals surface area (Å²) in [5.41, 5.74) is 2.07. The van der Waals surface area contributed by atoms with Crippen molar-refractivity contribution in [2.45, 2.75) is 6.92 Å². The first-order valence-electron chi connectivity index (χ1n) is 10.1. The number of benzene rings is 1. The number of aryl methyl sites for hydroxylation is 1. The molecule has 0 unspecified atom stereocenters. The molecule has 1 amide bonds. The number of nitrogens with zero attached hydrogens (tertiary/aromatic N) is 5. The summed E-state index contributed by atoms with van der Waals surface area (Å²) in [6.07, 6.45) is 5.18. The second kappa shape index (κ2) is 9.57. The number of amides is 1. The number of hydrogen-bond donors (Lipinski definition) is 1. The van der Waals surface area contributed by atoms with E-state index >= 15 is 0 Å². The Morgan fingerprint density at radius 1 is 1.00 bits per heavy atom. The van der Waals surface area contributed by atoms with E-state index in [4.69, 9.17) is 11.6 Å². The standard InChI is InChI=1S/C23H23ClN6O/c1-17-10-11-25-21(16-17)26-20-7-8-22(28-27-20)29-12-14-30(15-13-29)23(31)9-4-18-2-5-19(24)6-3-18/h2-11,16H,12-15H2,1H3,(H,25,26,27)/b9-4+. The van der Waals surface area contributed by atoms with Crippen LogP contribution < -0.4 is 10.2 Å². The number of anilines is 3. The molecular formula is C23H23ClN6O. The van der Waals surface area contributed by atoms with Crippen molar-refractivity contribution in [3.63, 3.8) is 0 Å². The van der Waals surface area contributed by atoms with Crippen molar-refractivity contribution in [2.24, 2.45) is 0 Å². The zero-order valence-corrected chi connectivity index (χ0v) is 18.0. The minimum atomic E-state index is 0.00545. The molecule has 0 aliphatic carbocycles. The highest BCUT2D eigenvalue weighted by atomic mass is 35.5. The van der Waals surface area contributed by atoms with E-state index in [1.165, 1.54) is 0 Å². The molecule has 0 atom stereocenters. The molecule has 1 aliphatic heterocycles. The number of carbonyl (C=O) groups is 1. The van der Waals surface area contributed by atoms with Gasteiger partial charge in [-0.3, -0.25) is 4.79 Å². The average Bonchev–Trinajstić information content (AvgIpc) is 2.79. The van der Waals surface area contributed by atoms with Gasteiger partial charge < -0.3 is 15.1 Å². The van der Waals surface area contributed by atoms with Gasteiger partial charge in [-0.1, -0.05) is 23.7 Å². The van der Waals surface area contributed by atoms with E-state index in [1.54, 1.807) is 12.3 Å². The molecule has 3 aromatic rings. The molecule has 0 spiro atoms. The molecule has 158 valence electrons. The fourth-order valence-corrected chi connectivity index (χ4v) is 3.43. The first kappa shape index (κ1) is 20.8. The number of hydrogen-bond acceptors (Lipinski definition) is 6. The Bertz CT molecular complexity index is 1060. The molecule has 31 heavy (non-hydrogen) atoms. The zero-order valence-electron chi connectivity index (χ0n) is 17.2. The van der Waals surface area contributed by atoms with Crippen LogP contribution in [0.15, 0.2) is 60.8 Å². The first-order chi connectivity index (χ1) is 15.1. The van der Waals surface area contributed by atoms with Crippen LogP contribution >= 0.6 is 11.6 Å².